The summed E-state index contributed by atoms with van der Waals surface area (Å²) in [4.78, 5) is 11.9. The fourth-order valence-corrected chi connectivity index (χ4v) is 2.63. The van der Waals surface area contributed by atoms with E-state index in [1.54, 1.807) is 23.7 Å². The Bertz CT molecular complexity index is 501. The van der Waals surface area contributed by atoms with Crippen LogP contribution in [0.25, 0.3) is 0 Å². The van der Waals surface area contributed by atoms with Crippen molar-refractivity contribution in [3.05, 3.63) is 34.0 Å². The molecule has 90 valence electrons. The van der Waals surface area contributed by atoms with E-state index in [0.717, 1.165) is 22.9 Å². The molecule has 4 nitrogen and oxygen atoms in total. The Morgan fingerprint density at radius 2 is 2.18 bits per heavy atom. The second kappa shape index (κ2) is 4.71. The van der Waals surface area contributed by atoms with Gasteiger partial charge in [0.05, 0.1) is 29.8 Å². The zero-order valence-corrected chi connectivity index (χ0v) is 11.1. The lowest BCUT2D eigenvalue weighted by Crippen LogP contribution is -2.17. The number of nitrogens with zero attached hydrogens (tertiary/aromatic N) is 3. The molecule has 5 heteroatoms. The third-order valence-electron chi connectivity index (χ3n) is 2.68. The van der Waals surface area contributed by atoms with Gasteiger partial charge in [0.15, 0.2) is 0 Å². The molecule has 0 aromatic carbocycles. The minimum absolute atomic E-state index is 0.694. The largest absolute Gasteiger partial charge is 0.396 e. The normalized spacial score (nSPS) is 10.5. The van der Waals surface area contributed by atoms with Gasteiger partial charge in [0, 0.05) is 18.1 Å². The molecule has 2 heterocycles. The highest BCUT2D eigenvalue weighted by atomic mass is 32.1. The number of aromatic nitrogens is 2. The molecule has 0 amide bonds. The maximum atomic E-state index is 5.89. The summed E-state index contributed by atoms with van der Waals surface area (Å²) < 4.78 is 0. The van der Waals surface area contributed by atoms with Crippen LogP contribution in [0.3, 0.4) is 0 Å². The van der Waals surface area contributed by atoms with E-state index in [1.165, 1.54) is 4.88 Å². The molecule has 2 rings (SSSR count). The monoisotopic (exact) mass is 248 g/mol. The molecule has 2 aromatic heterocycles. The Hall–Kier alpha value is -1.62. The number of thiazole rings is 1. The van der Waals surface area contributed by atoms with Crippen molar-refractivity contribution in [2.24, 2.45) is 0 Å². The van der Waals surface area contributed by atoms with Crippen molar-refractivity contribution in [2.75, 3.05) is 17.7 Å². The number of rotatable bonds is 3. The van der Waals surface area contributed by atoms with Gasteiger partial charge in [-0.2, -0.15) is 0 Å². The summed E-state index contributed by atoms with van der Waals surface area (Å²) in [5.74, 6) is 0. The first-order chi connectivity index (χ1) is 8.08. The maximum absolute atomic E-state index is 5.89. The molecule has 0 fully saturated rings. The average molecular weight is 248 g/mol. The van der Waals surface area contributed by atoms with Gasteiger partial charge in [-0.25, -0.2) is 4.98 Å². The SMILES string of the molecule is Cc1nc(CN(C)c2ccncc2N)sc1C. The van der Waals surface area contributed by atoms with Gasteiger partial charge in [-0.1, -0.05) is 0 Å². The van der Waals surface area contributed by atoms with Gasteiger partial charge in [0.2, 0.25) is 0 Å². The number of anilines is 2. The smallest absolute Gasteiger partial charge is 0.112 e. The molecule has 0 aliphatic carbocycles. The van der Waals surface area contributed by atoms with Gasteiger partial charge >= 0.3 is 0 Å². The van der Waals surface area contributed by atoms with Crippen LogP contribution >= 0.6 is 11.3 Å². The van der Waals surface area contributed by atoms with E-state index in [-0.39, 0.29) is 0 Å². The molecule has 0 unspecified atom stereocenters. The van der Waals surface area contributed by atoms with Gasteiger partial charge in [-0.15, -0.1) is 11.3 Å². The molecule has 0 spiro atoms. The lowest BCUT2D eigenvalue weighted by atomic mass is 10.3. The standard InChI is InChI=1S/C12H16N4S/c1-8-9(2)17-12(15-8)7-16(3)11-4-5-14-6-10(11)13/h4-6H,7,13H2,1-3H3. The van der Waals surface area contributed by atoms with E-state index < -0.39 is 0 Å². The highest BCUT2D eigenvalue weighted by Gasteiger charge is 2.09. The van der Waals surface area contributed by atoms with E-state index in [1.807, 2.05) is 20.0 Å². The predicted molar refractivity (Wildman–Crippen MR) is 72.3 cm³/mol. The zero-order valence-electron chi connectivity index (χ0n) is 10.3. The number of hydrogen-bond donors (Lipinski definition) is 1. The first-order valence-corrected chi connectivity index (χ1v) is 6.23. The second-order valence-corrected chi connectivity index (χ2v) is 5.33. The number of nitrogen functional groups attached to an aromatic ring is 1. The van der Waals surface area contributed by atoms with Crippen molar-refractivity contribution in [3.63, 3.8) is 0 Å². The lowest BCUT2D eigenvalue weighted by Gasteiger charge is -2.19. The summed E-state index contributed by atoms with van der Waals surface area (Å²) in [5.41, 5.74) is 8.69. The summed E-state index contributed by atoms with van der Waals surface area (Å²) in [6, 6.07) is 1.92. The van der Waals surface area contributed by atoms with Gasteiger partial charge < -0.3 is 10.6 Å². The molecular formula is C12H16N4S. The third kappa shape index (κ3) is 2.55. The molecular weight excluding hydrogens is 232 g/mol. The Morgan fingerprint density at radius 3 is 2.76 bits per heavy atom. The zero-order chi connectivity index (χ0) is 12.4. The quantitative estimate of drug-likeness (QED) is 0.906. The van der Waals surface area contributed by atoms with Gasteiger partial charge in [0.1, 0.15) is 5.01 Å². The molecule has 0 atom stereocenters. The highest BCUT2D eigenvalue weighted by Crippen LogP contribution is 2.24. The first kappa shape index (κ1) is 11.9. The summed E-state index contributed by atoms with van der Waals surface area (Å²) >= 11 is 1.73. The topological polar surface area (TPSA) is 55.0 Å². The summed E-state index contributed by atoms with van der Waals surface area (Å²) in [6.45, 7) is 4.90. The molecule has 0 saturated heterocycles. The van der Waals surface area contributed by atoms with Crippen LogP contribution in [-0.4, -0.2) is 17.0 Å². The number of hydrogen-bond acceptors (Lipinski definition) is 5. The summed E-state index contributed by atoms with van der Waals surface area (Å²) in [5, 5.41) is 1.11. The number of aryl methyl sites for hydroxylation is 2. The lowest BCUT2D eigenvalue weighted by molar-refractivity contribution is 0.904. The van der Waals surface area contributed by atoms with Crippen molar-refractivity contribution < 1.29 is 0 Å². The van der Waals surface area contributed by atoms with E-state index in [4.69, 9.17) is 5.73 Å². The van der Waals surface area contributed by atoms with Crippen LogP contribution in [0.15, 0.2) is 18.5 Å². The molecule has 0 bridgehead atoms. The molecule has 0 radical (unpaired) electrons. The van der Waals surface area contributed by atoms with Crippen LogP contribution in [0.1, 0.15) is 15.6 Å². The van der Waals surface area contributed by atoms with E-state index in [0.29, 0.717) is 5.69 Å². The first-order valence-electron chi connectivity index (χ1n) is 5.41. The Kier molecular flexibility index (Phi) is 3.28. The minimum Gasteiger partial charge on any atom is -0.396 e. The van der Waals surface area contributed by atoms with Crippen LogP contribution in [0.5, 0.6) is 0 Å². The van der Waals surface area contributed by atoms with Crippen molar-refractivity contribution in [1.29, 1.82) is 0 Å². The second-order valence-electron chi connectivity index (χ2n) is 4.04. The average Bonchev–Trinajstić information content (AvgIpc) is 2.58. The van der Waals surface area contributed by atoms with Crippen LogP contribution in [-0.2, 0) is 6.54 Å². The molecule has 0 aliphatic rings. The third-order valence-corrected chi connectivity index (χ3v) is 3.74. The molecule has 2 N–H and O–H groups in total. The Labute approximate surface area is 105 Å². The molecule has 2 aromatic rings. The van der Waals surface area contributed by atoms with Crippen molar-refractivity contribution in [3.8, 4) is 0 Å². The molecule has 17 heavy (non-hydrogen) atoms. The summed E-state index contributed by atoms with van der Waals surface area (Å²) in [7, 11) is 2.01. The van der Waals surface area contributed by atoms with E-state index in [2.05, 4.69) is 21.8 Å². The van der Waals surface area contributed by atoms with Crippen LogP contribution in [0.2, 0.25) is 0 Å². The van der Waals surface area contributed by atoms with Crippen LogP contribution < -0.4 is 10.6 Å². The van der Waals surface area contributed by atoms with Gasteiger partial charge in [-0.05, 0) is 19.9 Å². The maximum Gasteiger partial charge on any atom is 0.112 e. The van der Waals surface area contributed by atoms with Gasteiger partial charge in [0.25, 0.3) is 0 Å². The van der Waals surface area contributed by atoms with Crippen molar-refractivity contribution in [1.82, 2.24) is 9.97 Å². The Morgan fingerprint density at radius 1 is 1.41 bits per heavy atom. The minimum atomic E-state index is 0.694. The number of nitrogens with two attached hydrogens (primary N) is 1. The Balaban J connectivity index is 2.17. The molecule has 0 saturated carbocycles. The van der Waals surface area contributed by atoms with Gasteiger partial charge in [-0.3, -0.25) is 4.98 Å². The van der Waals surface area contributed by atoms with E-state index >= 15 is 0 Å². The van der Waals surface area contributed by atoms with Crippen molar-refractivity contribution >= 4 is 22.7 Å². The fraction of sp³-hybridized carbons (Fsp3) is 0.333. The van der Waals surface area contributed by atoms with E-state index in [9.17, 15) is 0 Å². The van der Waals surface area contributed by atoms with Crippen molar-refractivity contribution in [2.45, 2.75) is 20.4 Å². The van der Waals surface area contributed by atoms with Crippen LogP contribution in [0, 0.1) is 13.8 Å². The summed E-state index contributed by atoms with van der Waals surface area (Å²) in [6.07, 6.45) is 3.42. The number of pyridine rings is 1. The fourth-order valence-electron chi connectivity index (χ4n) is 1.64. The molecule has 0 aliphatic heterocycles. The predicted octanol–water partition coefficient (Wildman–Crippen LogP) is 2.37. The van der Waals surface area contributed by atoms with Crippen LogP contribution in [0.4, 0.5) is 11.4 Å². The highest BCUT2D eigenvalue weighted by molar-refractivity contribution is 7.11.